The molecule has 1 aromatic carbocycles. The van der Waals surface area contributed by atoms with Crippen LogP contribution in [0.5, 0.6) is 0 Å². The summed E-state index contributed by atoms with van der Waals surface area (Å²) in [5, 5.41) is 6.84. The molecule has 0 unspecified atom stereocenters. The molecule has 0 saturated carbocycles. The topological polar surface area (TPSA) is 136 Å². The molecule has 30 heavy (non-hydrogen) atoms. The van der Waals surface area contributed by atoms with Gasteiger partial charge in [-0.05, 0) is 36.2 Å². The Balaban J connectivity index is 1.67. The Morgan fingerprint density at radius 1 is 1.23 bits per heavy atom. The average molecular weight is 409 g/mol. The van der Waals surface area contributed by atoms with Crippen molar-refractivity contribution in [2.24, 2.45) is 13.0 Å². The Morgan fingerprint density at radius 2 is 2.03 bits per heavy atom. The van der Waals surface area contributed by atoms with Gasteiger partial charge in [0.25, 0.3) is 5.91 Å². The van der Waals surface area contributed by atoms with Gasteiger partial charge in [-0.3, -0.25) is 14.4 Å². The lowest BCUT2D eigenvalue weighted by atomic mass is 10.0. The summed E-state index contributed by atoms with van der Waals surface area (Å²) in [5.41, 5.74) is 0.280. The van der Waals surface area contributed by atoms with Gasteiger partial charge >= 0.3 is 11.1 Å². The van der Waals surface area contributed by atoms with Gasteiger partial charge in [0.15, 0.2) is 5.76 Å². The lowest BCUT2D eigenvalue weighted by Gasteiger charge is -2.17. The maximum atomic E-state index is 12.4. The van der Waals surface area contributed by atoms with Gasteiger partial charge in [-0.1, -0.05) is 19.0 Å². The van der Waals surface area contributed by atoms with Crippen molar-refractivity contribution < 1.29 is 13.7 Å². The smallest absolute Gasteiger partial charge is 0.316 e. The molecule has 10 nitrogen and oxygen atoms in total. The molecule has 4 rings (SSSR count). The fourth-order valence-electron chi connectivity index (χ4n) is 3.12. The Bertz CT molecular complexity index is 1330. The molecular formula is C20H19N5O5. The fourth-order valence-corrected chi connectivity index (χ4v) is 3.12. The van der Waals surface area contributed by atoms with Gasteiger partial charge < -0.3 is 23.8 Å². The van der Waals surface area contributed by atoms with E-state index in [1.54, 1.807) is 30.3 Å². The van der Waals surface area contributed by atoms with Crippen LogP contribution in [0.3, 0.4) is 0 Å². The first kappa shape index (κ1) is 19.4. The van der Waals surface area contributed by atoms with E-state index in [0.29, 0.717) is 22.4 Å². The standard InChI is InChI=1S/C20H19N5O5/c1-10(2)15(22-17(26)14-5-4-8-29-14)19-23-16(24-30-19)11-6-7-13-12(9-11)21-18(27)20(28)25(13)3/h4-10,15H,1-3H3,(H,21,27)(H,22,26)/t15-/m0/s1. The first-order chi connectivity index (χ1) is 14.3. The molecule has 0 spiro atoms. The third kappa shape index (κ3) is 3.43. The Labute approximate surface area is 169 Å². The van der Waals surface area contributed by atoms with Crippen molar-refractivity contribution in [1.29, 1.82) is 0 Å². The van der Waals surface area contributed by atoms with Gasteiger partial charge in [-0.2, -0.15) is 4.98 Å². The van der Waals surface area contributed by atoms with Crippen LogP contribution in [0.15, 0.2) is 55.1 Å². The summed E-state index contributed by atoms with van der Waals surface area (Å²) in [6.45, 7) is 3.83. The molecule has 4 aromatic rings. The van der Waals surface area contributed by atoms with Crippen LogP contribution in [-0.4, -0.2) is 25.6 Å². The molecule has 1 atom stereocenters. The van der Waals surface area contributed by atoms with Crippen molar-refractivity contribution >= 4 is 16.9 Å². The van der Waals surface area contributed by atoms with Gasteiger partial charge in [0.1, 0.15) is 6.04 Å². The molecule has 154 valence electrons. The molecule has 2 N–H and O–H groups in total. The molecule has 3 aromatic heterocycles. The van der Waals surface area contributed by atoms with Gasteiger partial charge in [0.05, 0.1) is 17.3 Å². The average Bonchev–Trinajstić information content (AvgIpc) is 3.42. The highest BCUT2D eigenvalue weighted by molar-refractivity contribution is 5.91. The maximum Gasteiger partial charge on any atom is 0.316 e. The Morgan fingerprint density at radius 3 is 2.73 bits per heavy atom. The molecule has 1 amide bonds. The van der Waals surface area contributed by atoms with Crippen LogP contribution in [0.25, 0.3) is 22.4 Å². The molecule has 0 aliphatic heterocycles. The predicted octanol–water partition coefficient (Wildman–Crippen LogP) is 2.00. The van der Waals surface area contributed by atoms with Crippen LogP contribution in [0.2, 0.25) is 0 Å². The summed E-state index contributed by atoms with van der Waals surface area (Å²) in [6, 6.07) is 7.75. The van der Waals surface area contributed by atoms with E-state index < -0.39 is 17.2 Å². The van der Waals surface area contributed by atoms with E-state index in [1.807, 2.05) is 13.8 Å². The van der Waals surface area contributed by atoms with E-state index >= 15 is 0 Å². The summed E-state index contributed by atoms with van der Waals surface area (Å²) in [5.74, 6) is 0.306. The van der Waals surface area contributed by atoms with Crippen LogP contribution < -0.4 is 16.4 Å². The molecule has 3 heterocycles. The molecule has 0 fully saturated rings. The van der Waals surface area contributed by atoms with E-state index in [1.165, 1.54) is 17.9 Å². The van der Waals surface area contributed by atoms with E-state index in [2.05, 4.69) is 20.4 Å². The molecule has 0 radical (unpaired) electrons. The van der Waals surface area contributed by atoms with Gasteiger partial charge in [0, 0.05) is 12.6 Å². The van der Waals surface area contributed by atoms with E-state index in [0.717, 1.165) is 0 Å². The third-order valence-electron chi connectivity index (χ3n) is 4.77. The molecule has 0 saturated heterocycles. The predicted molar refractivity (Wildman–Crippen MR) is 107 cm³/mol. The molecular weight excluding hydrogens is 390 g/mol. The number of aromatic amines is 1. The minimum atomic E-state index is -0.712. The Kier molecular flexibility index (Phi) is 4.82. The number of carbonyl (C=O) groups is 1. The number of aryl methyl sites for hydroxylation is 1. The normalized spacial score (nSPS) is 12.4. The van der Waals surface area contributed by atoms with Crippen molar-refractivity contribution in [2.45, 2.75) is 19.9 Å². The second-order valence-corrected chi connectivity index (χ2v) is 7.18. The highest BCUT2D eigenvalue weighted by Crippen LogP contribution is 2.25. The van der Waals surface area contributed by atoms with E-state index in [-0.39, 0.29) is 23.5 Å². The van der Waals surface area contributed by atoms with Crippen LogP contribution in [0.4, 0.5) is 0 Å². The van der Waals surface area contributed by atoms with Crippen LogP contribution in [0, 0.1) is 5.92 Å². The molecule has 0 aliphatic carbocycles. The number of nitrogens with zero attached hydrogens (tertiary/aromatic N) is 3. The maximum absolute atomic E-state index is 12.4. The quantitative estimate of drug-likeness (QED) is 0.481. The zero-order valence-electron chi connectivity index (χ0n) is 16.5. The Hall–Kier alpha value is -3.95. The second-order valence-electron chi connectivity index (χ2n) is 7.18. The summed E-state index contributed by atoms with van der Waals surface area (Å²) in [4.78, 5) is 42.9. The van der Waals surface area contributed by atoms with Crippen LogP contribution in [0.1, 0.15) is 36.3 Å². The number of hydrogen-bond acceptors (Lipinski definition) is 7. The number of H-pyrrole nitrogens is 1. The lowest BCUT2D eigenvalue weighted by Crippen LogP contribution is -2.34. The molecule has 0 bridgehead atoms. The van der Waals surface area contributed by atoms with Gasteiger partial charge in [-0.15, -0.1) is 0 Å². The SMILES string of the molecule is CC(C)[C@H](NC(=O)c1ccco1)c1nc(-c2ccc3c(c2)[nH]c(=O)c(=O)n3C)no1. The number of nitrogens with one attached hydrogen (secondary N) is 2. The number of aromatic nitrogens is 4. The van der Waals surface area contributed by atoms with Gasteiger partial charge in [-0.25, -0.2) is 0 Å². The first-order valence-corrected chi connectivity index (χ1v) is 9.26. The van der Waals surface area contributed by atoms with Crippen molar-refractivity contribution in [3.63, 3.8) is 0 Å². The van der Waals surface area contributed by atoms with Crippen molar-refractivity contribution in [3.8, 4) is 11.4 Å². The summed E-state index contributed by atoms with van der Waals surface area (Å²) in [7, 11) is 1.53. The molecule has 0 aliphatic rings. The van der Waals surface area contributed by atoms with Crippen molar-refractivity contribution in [3.05, 3.63) is 69.0 Å². The zero-order chi connectivity index (χ0) is 21.4. The number of hydrogen-bond donors (Lipinski definition) is 2. The second kappa shape index (κ2) is 7.47. The first-order valence-electron chi connectivity index (χ1n) is 9.26. The largest absolute Gasteiger partial charge is 0.459 e. The highest BCUT2D eigenvalue weighted by Gasteiger charge is 2.26. The summed E-state index contributed by atoms with van der Waals surface area (Å²) in [6.07, 6.45) is 1.42. The number of rotatable bonds is 5. The van der Waals surface area contributed by atoms with Crippen molar-refractivity contribution in [2.75, 3.05) is 0 Å². The minimum absolute atomic E-state index is 0.0281. The highest BCUT2D eigenvalue weighted by atomic mass is 16.5. The number of furan rings is 1. The van der Waals surface area contributed by atoms with E-state index in [4.69, 9.17) is 8.94 Å². The lowest BCUT2D eigenvalue weighted by molar-refractivity contribution is 0.0885. The van der Waals surface area contributed by atoms with Crippen LogP contribution >= 0.6 is 0 Å². The van der Waals surface area contributed by atoms with E-state index in [9.17, 15) is 14.4 Å². The van der Waals surface area contributed by atoms with Crippen molar-refractivity contribution in [1.82, 2.24) is 25.0 Å². The number of benzene rings is 1. The number of fused-ring (bicyclic) bond motifs is 1. The number of amides is 1. The summed E-state index contributed by atoms with van der Waals surface area (Å²) >= 11 is 0. The fraction of sp³-hybridized carbons (Fsp3) is 0.250. The monoisotopic (exact) mass is 409 g/mol. The molecule has 10 heteroatoms. The van der Waals surface area contributed by atoms with Gasteiger partial charge in [0.2, 0.25) is 11.7 Å². The number of carbonyl (C=O) groups excluding carboxylic acids is 1. The minimum Gasteiger partial charge on any atom is -0.459 e. The third-order valence-corrected chi connectivity index (χ3v) is 4.77. The zero-order valence-corrected chi connectivity index (χ0v) is 16.5. The van der Waals surface area contributed by atoms with Crippen LogP contribution in [-0.2, 0) is 7.05 Å². The summed E-state index contributed by atoms with van der Waals surface area (Å²) < 4.78 is 11.8.